The lowest BCUT2D eigenvalue weighted by atomic mass is 9.82. The topological polar surface area (TPSA) is 159 Å². The number of benzene rings is 2. The summed E-state index contributed by atoms with van der Waals surface area (Å²) in [5.41, 5.74) is -2.37. The van der Waals surface area contributed by atoms with Gasteiger partial charge in [-0.2, -0.15) is 0 Å². The van der Waals surface area contributed by atoms with Gasteiger partial charge in [0.2, 0.25) is 0 Å². The molecule has 2 aromatic rings. The molecule has 10 heteroatoms. The molecule has 0 spiro atoms. The van der Waals surface area contributed by atoms with Gasteiger partial charge in [0.05, 0.1) is 0 Å². The Hall–Kier alpha value is -3.17. The Labute approximate surface area is 166 Å². The summed E-state index contributed by atoms with van der Waals surface area (Å²) in [4.78, 5) is 27.3. The average Bonchev–Trinajstić information content (AvgIpc) is 2.61. The molecule has 2 rings (SSSR count). The third-order valence-corrected chi connectivity index (χ3v) is 4.44. The number of halogens is 1. The van der Waals surface area contributed by atoms with Crippen molar-refractivity contribution in [1.82, 2.24) is 4.90 Å². The van der Waals surface area contributed by atoms with Crippen molar-refractivity contribution in [1.29, 1.82) is 0 Å². The fourth-order valence-electron chi connectivity index (χ4n) is 2.54. The number of hydrogen-bond donors (Lipinski definition) is 6. The van der Waals surface area contributed by atoms with Crippen LogP contribution in [-0.4, -0.2) is 66.7 Å². The quantitative estimate of drug-likeness (QED) is 0.244. The zero-order chi connectivity index (χ0) is 20.7. The molecule has 2 aromatic carbocycles. The first kappa shape index (κ1) is 22.9. The number of carbonyl (C=O) groups excluding carboxylic acids is 2. The number of carbonyl (C=O) groups is 2. The van der Waals surface area contributed by atoms with E-state index < -0.39 is 51.6 Å². The Balaban J connectivity index is 0.00000392. The van der Waals surface area contributed by atoms with Crippen molar-refractivity contribution >= 4 is 24.0 Å². The third kappa shape index (κ3) is 3.62. The van der Waals surface area contributed by atoms with Gasteiger partial charge in [-0.1, -0.05) is 0 Å². The highest BCUT2D eigenvalue weighted by Crippen LogP contribution is 2.39. The molecule has 0 bridgehead atoms. The molecule has 152 valence electrons. The Kier molecular flexibility index (Phi) is 6.39. The SMILES string of the molecule is CN(C)C(C)(C(=O)c1cc(O)c(O)c(O)c1)C(=O)c1cc(O)c(O)c(O)c1.Cl. The predicted molar refractivity (Wildman–Crippen MR) is 101 cm³/mol. The molecule has 0 amide bonds. The van der Waals surface area contributed by atoms with Crippen molar-refractivity contribution < 1.29 is 40.2 Å². The maximum Gasteiger partial charge on any atom is 0.200 e. The number of Topliss-reactive ketones (excluding diaryl/α,β-unsaturated/α-hetero) is 2. The Morgan fingerprint density at radius 3 is 1.18 bits per heavy atom. The van der Waals surface area contributed by atoms with Gasteiger partial charge in [-0.05, 0) is 45.3 Å². The van der Waals surface area contributed by atoms with Gasteiger partial charge >= 0.3 is 0 Å². The van der Waals surface area contributed by atoms with Gasteiger partial charge in [0, 0.05) is 11.1 Å². The van der Waals surface area contributed by atoms with Crippen LogP contribution in [0.2, 0.25) is 0 Å². The number of aromatic hydroxyl groups is 6. The summed E-state index contributed by atoms with van der Waals surface area (Å²) >= 11 is 0. The molecule has 0 fully saturated rings. The smallest absolute Gasteiger partial charge is 0.200 e. The van der Waals surface area contributed by atoms with Crippen molar-refractivity contribution in [2.24, 2.45) is 0 Å². The lowest BCUT2D eigenvalue weighted by molar-refractivity contribution is 0.0599. The standard InChI is InChI=1S/C18H19NO8.ClH/c1-18(19(2)3,16(26)8-4-10(20)14(24)11(21)5-8)17(27)9-6-12(22)15(25)13(23)7-9;/h4-7,20-25H,1-3H3;1H. The van der Waals surface area contributed by atoms with E-state index in [2.05, 4.69) is 0 Å². The number of hydrogen-bond acceptors (Lipinski definition) is 9. The van der Waals surface area contributed by atoms with Crippen LogP contribution in [0.1, 0.15) is 27.6 Å². The van der Waals surface area contributed by atoms with Crippen molar-refractivity contribution in [2.45, 2.75) is 12.5 Å². The summed E-state index contributed by atoms with van der Waals surface area (Å²) in [5.74, 6) is -6.24. The monoisotopic (exact) mass is 413 g/mol. The molecule has 28 heavy (non-hydrogen) atoms. The van der Waals surface area contributed by atoms with Crippen molar-refractivity contribution in [2.75, 3.05) is 14.1 Å². The summed E-state index contributed by atoms with van der Waals surface area (Å²) in [7, 11) is 2.88. The zero-order valence-electron chi connectivity index (χ0n) is 15.2. The molecule has 0 radical (unpaired) electrons. The fraction of sp³-hybridized carbons (Fsp3) is 0.222. The molecule has 0 saturated heterocycles. The summed E-state index contributed by atoms with van der Waals surface area (Å²) in [6.07, 6.45) is 0. The van der Waals surface area contributed by atoms with E-state index in [1.54, 1.807) is 0 Å². The number of phenolic OH excluding ortho intramolecular Hbond substituents is 6. The second-order valence-corrected chi connectivity index (χ2v) is 6.35. The Morgan fingerprint density at radius 1 is 0.714 bits per heavy atom. The van der Waals surface area contributed by atoms with Crippen LogP contribution in [0, 0.1) is 0 Å². The van der Waals surface area contributed by atoms with Crippen LogP contribution < -0.4 is 0 Å². The lowest BCUT2D eigenvalue weighted by Crippen LogP contribution is -2.55. The van der Waals surface area contributed by atoms with Gasteiger partial charge in [0.15, 0.2) is 46.1 Å². The molecule has 0 saturated carbocycles. The molecule has 0 aliphatic carbocycles. The van der Waals surface area contributed by atoms with E-state index in [-0.39, 0.29) is 23.5 Å². The second-order valence-electron chi connectivity index (χ2n) is 6.35. The van der Waals surface area contributed by atoms with Gasteiger partial charge < -0.3 is 30.6 Å². The average molecular weight is 414 g/mol. The van der Waals surface area contributed by atoms with Crippen LogP contribution in [-0.2, 0) is 0 Å². The van der Waals surface area contributed by atoms with E-state index in [4.69, 9.17) is 0 Å². The number of phenols is 6. The molecular formula is C18H20ClNO8. The minimum atomic E-state index is -1.87. The van der Waals surface area contributed by atoms with Crippen LogP contribution in [0.3, 0.4) is 0 Å². The minimum Gasteiger partial charge on any atom is -0.504 e. The zero-order valence-corrected chi connectivity index (χ0v) is 16.0. The summed E-state index contributed by atoms with van der Waals surface area (Å²) in [6, 6.07) is 3.60. The van der Waals surface area contributed by atoms with E-state index in [9.17, 15) is 40.2 Å². The summed E-state index contributed by atoms with van der Waals surface area (Å²) in [6.45, 7) is 1.28. The second kappa shape index (κ2) is 7.83. The summed E-state index contributed by atoms with van der Waals surface area (Å²) < 4.78 is 0. The lowest BCUT2D eigenvalue weighted by Gasteiger charge is -2.33. The van der Waals surface area contributed by atoms with Gasteiger partial charge in [-0.25, -0.2) is 0 Å². The van der Waals surface area contributed by atoms with Crippen LogP contribution in [0.4, 0.5) is 0 Å². The van der Waals surface area contributed by atoms with Gasteiger partial charge in [-0.3, -0.25) is 14.5 Å². The molecule has 0 aromatic heterocycles. The minimum absolute atomic E-state index is 0. The number of likely N-dealkylation sites (N-methyl/N-ethyl adjacent to an activating group) is 1. The Bertz CT molecular complexity index is 826. The highest BCUT2D eigenvalue weighted by Gasteiger charge is 2.44. The maximum atomic E-state index is 13.0. The van der Waals surface area contributed by atoms with E-state index in [1.807, 2.05) is 0 Å². The van der Waals surface area contributed by atoms with Crippen molar-refractivity contribution in [3.8, 4) is 34.5 Å². The van der Waals surface area contributed by atoms with Crippen molar-refractivity contribution in [3.63, 3.8) is 0 Å². The number of rotatable bonds is 5. The largest absolute Gasteiger partial charge is 0.504 e. The van der Waals surface area contributed by atoms with Gasteiger partial charge in [0.1, 0.15) is 5.54 Å². The van der Waals surface area contributed by atoms with Gasteiger partial charge in [0.25, 0.3) is 0 Å². The molecule has 0 aliphatic heterocycles. The number of nitrogens with zero attached hydrogens (tertiary/aromatic N) is 1. The van der Waals surface area contributed by atoms with E-state index >= 15 is 0 Å². The molecule has 0 aliphatic rings. The number of ketones is 2. The summed E-state index contributed by atoms with van der Waals surface area (Å²) in [5, 5.41) is 57.4. The van der Waals surface area contributed by atoms with E-state index in [0.717, 1.165) is 24.3 Å². The first-order valence-electron chi connectivity index (χ1n) is 7.68. The first-order valence-corrected chi connectivity index (χ1v) is 7.68. The molecule has 0 heterocycles. The fourth-order valence-corrected chi connectivity index (χ4v) is 2.54. The van der Waals surface area contributed by atoms with E-state index in [1.165, 1.54) is 25.9 Å². The van der Waals surface area contributed by atoms with Crippen LogP contribution in [0.25, 0.3) is 0 Å². The molecule has 6 N–H and O–H groups in total. The molecule has 0 atom stereocenters. The molecule has 9 nitrogen and oxygen atoms in total. The van der Waals surface area contributed by atoms with Crippen molar-refractivity contribution in [3.05, 3.63) is 35.4 Å². The third-order valence-electron chi connectivity index (χ3n) is 4.44. The van der Waals surface area contributed by atoms with Crippen LogP contribution in [0.15, 0.2) is 24.3 Å². The highest BCUT2D eigenvalue weighted by atomic mass is 35.5. The Morgan fingerprint density at radius 2 is 0.964 bits per heavy atom. The highest BCUT2D eigenvalue weighted by molar-refractivity contribution is 6.23. The van der Waals surface area contributed by atoms with Crippen LogP contribution >= 0.6 is 12.4 Å². The predicted octanol–water partition coefficient (Wildman–Crippen LogP) is 1.73. The normalized spacial score (nSPS) is 11.1. The van der Waals surface area contributed by atoms with Gasteiger partial charge in [-0.15, -0.1) is 12.4 Å². The first-order chi connectivity index (χ1) is 12.4. The molecular weight excluding hydrogens is 394 g/mol. The van der Waals surface area contributed by atoms with Crippen LogP contribution in [0.5, 0.6) is 34.5 Å². The maximum absolute atomic E-state index is 13.0. The molecule has 0 unspecified atom stereocenters. The van der Waals surface area contributed by atoms with E-state index in [0.29, 0.717) is 0 Å².